The van der Waals surface area contributed by atoms with Gasteiger partial charge in [-0.2, -0.15) is 4.98 Å². The van der Waals surface area contributed by atoms with Gasteiger partial charge in [0.25, 0.3) is 0 Å². The van der Waals surface area contributed by atoms with Crippen molar-refractivity contribution in [2.75, 3.05) is 17.7 Å². The fourth-order valence-electron chi connectivity index (χ4n) is 3.72. The van der Waals surface area contributed by atoms with E-state index in [-0.39, 0.29) is 0 Å². The molecule has 1 aromatic heterocycles. The molecule has 140 valence electrons. The number of hydrogen-bond donors (Lipinski definition) is 2. The molecule has 4 rings (SSSR count). The Kier molecular flexibility index (Phi) is 5.10. The molecule has 1 heterocycles. The van der Waals surface area contributed by atoms with Crippen LogP contribution in [-0.4, -0.2) is 23.1 Å². The molecule has 3 aromatic rings. The van der Waals surface area contributed by atoms with Crippen LogP contribution in [0.1, 0.15) is 37.7 Å². The molecular formula is C22H26N4O. The summed E-state index contributed by atoms with van der Waals surface area (Å²) in [6.07, 6.45) is 6.31. The standard InChI is InChI=1S/C22H26N4O/c1-15-12-13-20(27-2)19(14-15)25-22-24-18-11-7-6-10-17(18)21(26-22)23-16-8-4-3-5-9-16/h6-7,10-14,16H,3-5,8-9H2,1-2H3,(H2,23,24,25,26). The van der Waals surface area contributed by atoms with Crippen molar-refractivity contribution in [3.63, 3.8) is 0 Å². The van der Waals surface area contributed by atoms with Crippen LogP contribution >= 0.6 is 0 Å². The molecule has 27 heavy (non-hydrogen) atoms. The van der Waals surface area contributed by atoms with Gasteiger partial charge in [0.2, 0.25) is 5.95 Å². The minimum atomic E-state index is 0.485. The van der Waals surface area contributed by atoms with Gasteiger partial charge < -0.3 is 15.4 Å². The van der Waals surface area contributed by atoms with Gasteiger partial charge in [-0.15, -0.1) is 0 Å². The fourth-order valence-corrected chi connectivity index (χ4v) is 3.72. The number of rotatable bonds is 5. The molecule has 2 N–H and O–H groups in total. The van der Waals surface area contributed by atoms with Crippen LogP contribution in [0.15, 0.2) is 42.5 Å². The van der Waals surface area contributed by atoms with Gasteiger partial charge in [-0.05, 0) is 49.6 Å². The maximum absolute atomic E-state index is 5.48. The number of benzene rings is 2. The minimum Gasteiger partial charge on any atom is -0.495 e. The molecule has 1 saturated carbocycles. The molecular weight excluding hydrogens is 336 g/mol. The second-order valence-electron chi connectivity index (χ2n) is 7.22. The molecule has 1 fully saturated rings. The summed E-state index contributed by atoms with van der Waals surface area (Å²) in [6, 6.07) is 14.7. The van der Waals surface area contributed by atoms with E-state index in [4.69, 9.17) is 14.7 Å². The van der Waals surface area contributed by atoms with Crippen LogP contribution in [0.4, 0.5) is 17.5 Å². The number of nitrogens with one attached hydrogen (secondary N) is 2. The van der Waals surface area contributed by atoms with Crippen molar-refractivity contribution < 1.29 is 4.74 Å². The number of ether oxygens (including phenoxy) is 1. The Balaban J connectivity index is 1.70. The Morgan fingerprint density at radius 3 is 2.63 bits per heavy atom. The summed E-state index contributed by atoms with van der Waals surface area (Å²) in [5.74, 6) is 2.26. The summed E-state index contributed by atoms with van der Waals surface area (Å²) >= 11 is 0. The Morgan fingerprint density at radius 2 is 1.81 bits per heavy atom. The fraction of sp³-hybridized carbons (Fsp3) is 0.364. The van der Waals surface area contributed by atoms with Crippen molar-refractivity contribution in [3.8, 4) is 5.75 Å². The van der Waals surface area contributed by atoms with E-state index in [1.54, 1.807) is 7.11 Å². The molecule has 0 unspecified atom stereocenters. The lowest BCUT2D eigenvalue weighted by molar-refractivity contribution is 0.416. The molecule has 1 aliphatic rings. The SMILES string of the molecule is COc1ccc(C)cc1Nc1nc(NC2CCCCC2)c2ccccc2n1. The predicted molar refractivity (Wildman–Crippen MR) is 111 cm³/mol. The quantitative estimate of drug-likeness (QED) is 0.633. The molecule has 0 amide bonds. The van der Waals surface area contributed by atoms with E-state index in [9.17, 15) is 0 Å². The van der Waals surface area contributed by atoms with Crippen LogP contribution in [0.2, 0.25) is 0 Å². The van der Waals surface area contributed by atoms with E-state index in [0.717, 1.165) is 33.7 Å². The molecule has 2 aromatic carbocycles. The number of fused-ring (bicyclic) bond motifs is 1. The normalized spacial score (nSPS) is 14.9. The van der Waals surface area contributed by atoms with Gasteiger partial charge in [0, 0.05) is 11.4 Å². The Labute approximate surface area is 160 Å². The van der Waals surface area contributed by atoms with Crippen molar-refractivity contribution in [1.82, 2.24) is 9.97 Å². The van der Waals surface area contributed by atoms with Crippen LogP contribution in [0.25, 0.3) is 10.9 Å². The topological polar surface area (TPSA) is 59.1 Å². The zero-order valence-electron chi connectivity index (χ0n) is 16.0. The van der Waals surface area contributed by atoms with Crippen molar-refractivity contribution >= 4 is 28.4 Å². The third-order valence-corrected chi connectivity index (χ3v) is 5.15. The number of anilines is 3. The van der Waals surface area contributed by atoms with E-state index in [0.29, 0.717) is 12.0 Å². The lowest BCUT2D eigenvalue weighted by Gasteiger charge is -2.24. The molecule has 0 spiro atoms. The van der Waals surface area contributed by atoms with Gasteiger partial charge >= 0.3 is 0 Å². The minimum absolute atomic E-state index is 0.485. The molecule has 5 heteroatoms. The van der Waals surface area contributed by atoms with E-state index in [1.165, 1.54) is 32.1 Å². The second-order valence-corrected chi connectivity index (χ2v) is 7.22. The highest BCUT2D eigenvalue weighted by Crippen LogP contribution is 2.30. The van der Waals surface area contributed by atoms with Gasteiger partial charge in [0.05, 0.1) is 18.3 Å². The maximum Gasteiger partial charge on any atom is 0.229 e. The summed E-state index contributed by atoms with van der Waals surface area (Å²) in [7, 11) is 1.67. The average molecular weight is 362 g/mol. The first-order valence-electron chi connectivity index (χ1n) is 9.68. The van der Waals surface area contributed by atoms with Crippen molar-refractivity contribution in [3.05, 3.63) is 48.0 Å². The van der Waals surface area contributed by atoms with Crippen molar-refractivity contribution in [2.24, 2.45) is 0 Å². The highest BCUT2D eigenvalue weighted by Gasteiger charge is 2.16. The van der Waals surface area contributed by atoms with Gasteiger partial charge in [0.15, 0.2) is 0 Å². The van der Waals surface area contributed by atoms with E-state index < -0.39 is 0 Å². The maximum atomic E-state index is 5.48. The largest absolute Gasteiger partial charge is 0.495 e. The van der Waals surface area contributed by atoms with Crippen LogP contribution < -0.4 is 15.4 Å². The molecule has 0 saturated heterocycles. The first-order valence-corrected chi connectivity index (χ1v) is 9.68. The smallest absolute Gasteiger partial charge is 0.229 e. The zero-order chi connectivity index (χ0) is 18.6. The number of nitrogens with zero attached hydrogens (tertiary/aromatic N) is 2. The summed E-state index contributed by atoms with van der Waals surface area (Å²) in [4.78, 5) is 9.52. The Morgan fingerprint density at radius 1 is 1.00 bits per heavy atom. The lowest BCUT2D eigenvalue weighted by atomic mass is 9.95. The predicted octanol–water partition coefficient (Wildman–Crippen LogP) is 5.44. The molecule has 0 aliphatic heterocycles. The first-order chi connectivity index (χ1) is 13.2. The monoisotopic (exact) mass is 362 g/mol. The van der Waals surface area contributed by atoms with Crippen LogP contribution in [0, 0.1) is 6.92 Å². The molecule has 0 atom stereocenters. The number of para-hydroxylation sites is 1. The third-order valence-electron chi connectivity index (χ3n) is 5.15. The number of hydrogen-bond acceptors (Lipinski definition) is 5. The van der Waals surface area contributed by atoms with Crippen LogP contribution in [-0.2, 0) is 0 Å². The highest BCUT2D eigenvalue weighted by molar-refractivity contribution is 5.90. The van der Waals surface area contributed by atoms with Crippen molar-refractivity contribution in [1.29, 1.82) is 0 Å². The number of aryl methyl sites for hydroxylation is 1. The highest BCUT2D eigenvalue weighted by atomic mass is 16.5. The Hall–Kier alpha value is -2.82. The van der Waals surface area contributed by atoms with Crippen LogP contribution in [0.5, 0.6) is 5.75 Å². The van der Waals surface area contributed by atoms with Gasteiger partial charge in [0.1, 0.15) is 11.6 Å². The molecule has 0 radical (unpaired) electrons. The second kappa shape index (κ2) is 7.82. The summed E-state index contributed by atoms with van der Waals surface area (Å²) in [5.41, 5.74) is 2.95. The van der Waals surface area contributed by atoms with Crippen LogP contribution in [0.3, 0.4) is 0 Å². The van der Waals surface area contributed by atoms with Gasteiger partial charge in [-0.3, -0.25) is 0 Å². The van der Waals surface area contributed by atoms with E-state index >= 15 is 0 Å². The summed E-state index contributed by atoms with van der Waals surface area (Å²) in [5, 5.41) is 8.07. The third kappa shape index (κ3) is 3.97. The van der Waals surface area contributed by atoms with Gasteiger partial charge in [-0.25, -0.2) is 4.98 Å². The number of methoxy groups -OCH3 is 1. The summed E-state index contributed by atoms with van der Waals surface area (Å²) in [6.45, 7) is 2.06. The number of aromatic nitrogens is 2. The zero-order valence-corrected chi connectivity index (χ0v) is 16.0. The average Bonchev–Trinajstić information content (AvgIpc) is 2.69. The lowest BCUT2D eigenvalue weighted by Crippen LogP contribution is -2.23. The van der Waals surface area contributed by atoms with Gasteiger partial charge in [-0.1, -0.05) is 37.5 Å². The van der Waals surface area contributed by atoms with Crippen molar-refractivity contribution in [2.45, 2.75) is 45.1 Å². The van der Waals surface area contributed by atoms with E-state index in [2.05, 4.69) is 23.6 Å². The molecule has 0 bridgehead atoms. The summed E-state index contributed by atoms with van der Waals surface area (Å²) < 4.78 is 5.48. The molecule has 1 aliphatic carbocycles. The van der Waals surface area contributed by atoms with E-state index in [1.807, 2.05) is 36.4 Å². The molecule has 5 nitrogen and oxygen atoms in total. The first kappa shape index (κ1) is 17.6. The Bertz CT molecular complexity index is 935.